The maximum absolute atomic E-state index is 13.3. The molecule has 3 heterocycles. The predicted molar refractivity (Wildman–Crippen MR) is 110 cm³/mol. The van der Waals surface area contributed by atoms with Gasteiger partial charge in [0.2, 0.25) is 5.89 Å². The minimum atomic E-state index is 0.0203. The van der Waals surface area contributed by atoms with Gasteiger partial charge in [-0.05, 0) is 35.6 Å². The molecule has 0 unspecified atom stereocenters. The van der Waals surface area contributed by atoms with Crippen LogP contribution in [0.3, 0.4) is 0 Å². The number of oxazole rings is 1. The number of amides is 1. The summed E-state index contributed by atoms with van der Waals surface area (Å²) in [5, 5.41) is 2.10. The van der Waals surface area contributed by atoms with Crippen molar-refractivity contribution in [3.8, 4) is 22.8 Å². The van der Waals surface area contributed by atoms with Crippen molar-refractivity contribution < 1.29 is 9.21 Å². The number of carbonyl (C=O) groups excluding carboxylic acids is 1. The zero-order chi connectivity index (χ0) is 18.9. The van der Waals surface area contributed by atoms with Gasteiger partial charge in [0.15, 0.2) is 5.76 Å². The Morgan fingerprint density at radius 3 is 2.75 bits per heavy atom. The van der Waals surface area contributed by atoms with Crippen LogP contribution in [-0.4, -0.2) is 22.3 Å². The van der Waals surface area contributed by atoms with Crippen molar-refractivity contribution >= 4 is 17.2 Å². The van der Waals surface area contributed by atoms with Crippen LogP contribution in [0.25, 0.3) is 22.8 Å². The molecular weight excluding hydrogens is 368 g/mol. The smallest absolute Gasteiger partial charge is 0.254 e. The summed E-state index contributed by atoms with van der Waals surface area (Å²) in [5.74, 6) is 1.18. The molecule has 0 atom stereocenters. The van der Waals surface area contributed by atoms with Crippen molar-refractivity contribution in [2.75, 3.05) is 6.54 Å². The van der Waals surface area contributed by atoms with Crippen LogP contribution < -0.4 is 0 Å². The third kappa shape index (κ3) is 3.04. The molecule has 5 heteroatoms. The molecular formula is C23H18N2O2S. The third-order valence-electron chi connectivity index (χ3n) is 5.05. The molecule has 0 fully saturated rings. The van der Waals surface area contributed by atoms with Crippen molar-refractivity contribution in [2.45, 2.75) is 13.0 Å². The first-order valence-corrected chi connectivity index (χ1v) is 10.1. The van der Waals surface area contributed by atoms with Gasteiger partial charge < -0.3 is 9.32 Å². The lowest BCUT2D eigenvalue weighted by Gasteiger charge is -2.27. The average Bonchev–Trinajstić information content (AvgIpc) is 3.43. The predicted octanol–water partition coefficient (Wildman–Crippen LogP) is 5.27. The number of rotatable bonds is 3. The van der Waals surface area contributed by atoms with E-state index in [1.54, 1.807) is 17.5 Å². The fourth-order valence-electron chi connectivity index (χ4n) is 3.58. The summed E-state index contributed by atoms with van der Waals surface area (Å²) in [4.78, 5) is 21.0. The van der Waals surface area contributed by atoms with Crippen LogP contribution in [-0.2, 0) is 13.0 Å². The molecule has 0 aliphatic carbocycles. The van der Waals surface area contributed by atoms with Gasteiger partial charge in [0, 0.05) is 29.1 Å². The molecule has 28 heavy (non-hydrogen) atoms. The van der Waals surface area contributed by atoms with Crippen LogP contribution in [0.4, 0.5) is 0 Å². The van der Waals surface area contributed by atoms with Gasteiger partial charge >= 0.3 is 0 Å². The number of fused-ring (bicyclic) bond motifs is 1. The highest BCUT2D eigenvalue weighted by Crippen LogP contribution is 2.30. The number of carbonyl (C=O) groups is 1. The zero-order valence-electron chi connectivity index (χ0n) is 15.2. The largest absolute Gasteiger partial charge is 0.436 e. The molecule has 0 saturated heterocycles. The monoisotopic (exact) mass is 386 g/mol. The molecule has 5 rings (SSSR count). The Morgan fingerprint density at radius 1 is 1.04 bits per heavy atom. The molecule has 1 aliphatic rings. The molecule has 0 spiro atoms. The minimum absolute atomic E-state index is 0.0203. The second-order valence-corrected chi connectivity index (χ2v) is 7.79. The topological polar surface area (TPSA) is 46.3 Å². The van der Waals surface area contributed by atoms with Crippen molar-refractivity contribution in [3.05, 3.63) is 88.2 Å². The average molecular weight is 386 g/mol. The number of aromatic nitrogens is 1. The van der Waals surface area contributed by atoms with Crippen LogP contribution in [0, 0.1) is 0 Å². The highest BCUT2D eigenvalue weighted by Gasteiger charge is 2.25. The second kappa shape index (κ2) is 7.09. The Morgan fingerprint density at radius 2 is 1.86 bits per heavy atom. The Bertz CT molecular complexity index is 1130. The molecule has 0 bridgehead atoms. The quantitative estimate of drug-likeness (QED) is 0.482. The SMILES string of the molecule is O=C(c1ccccc1-c1ncc(-c2ccccc2)o1)N1CCc2sccc2C1. The van der Waals surface area contributed by atoms with E-state index in [-0.39, 0.29) is 5.91 Å². The Hall–Kier alpha value is -3.18. The molecule has 2 aromatic carbocycles. The standard InChI is InChI=1S/C23H18N2O2S/c26-23(25-12-10-21-17(15-25)11-13-28-21)19-9-5-4-8-18(19)22-24-14-20(27-22)16-6-2-1-3-7-16/h1-9,11,13-14H,10,12,15H2. The molecule has 0 saturated carbocycles. The molecule has 0 radical (unpaired) electrons. The van der Waals surface area contributed by atoms with E-state index in [0.29, 0.717) is 23.8 Å². The second-order valence-electron chi connectivity index (χ2n) is 6.79. The third-order valence-corrected chi connectivity index (χ3v) is 6.07. The van der Waals surface area contributed by atoms with Crippen LogP contribution in [0.5, 0.6) is 0 Å². The highest BCUT2D eigenvalue weighted by molar-refractivity contribution is 7.10. The van der Waals surface area contributed by atoms with Gasteiger partial charge in [0.25, 0.3) is 5.91 Å². The molecule has 0 N–H and O–H groups in total. The summed E-state index contributed by atoms with van der Waals surface area (Å²) in [6.07, 6.45) is 2.63. The van der Waals surface area contributed by atoms with Gasteiger partial charge in [-0.1, -0.05) is 42.5 Å². The van der Waals surface area contributed by atoms with Gasteiger partial charge in [-0.2, -0.15) is 0 Å². The van der Waals surface area contributed by atoms with E-state index in [1.165, 1.54) is 10.4 Å². The lowest BCUT2D eigenvalue weighted by atomic mass is 10.0. The van der Waals surface area contributed by atoms with Crippen molar-refractivity contribution in [1.29, 1.82) is 0 Å². The van der Waals surface area contributed by atoms with E-state index < -0.39 is 0 Å². The van der Waals surface area contributed by atoms with Gasteiger partial charge in [-0.25, -0.2) is 4.98 Å². The van der Waals surface area contributed by atoms with Crippen molar-refractivity contribution in [1.82, 2.24) is 9.88 Å². The van der Waals surface area contributed by atoms with E-state index in [1.807, 2.05) is 59.5 Å². The maximum Gasteiger partial charge on any atom is 0.254 e. The van der Waals surface area contributed by atoms with E-state index in [9.17, 15) is 4.79 Å². The number of benzene rings is 2. The first-order chi connectivity index (χ1) is 13.8. The van der Waals surface area contributed by atoms with Gasteiger partial charge in [-0.15, -0.1) is 11.3 Å². The van der Waals surface area contributed by atoms with Crippen LogP contribution >= 0.6 is 11.3 Å². The summed E-state index contributed by atoms with van der Waals surface area (Å²) in [6, 6.07) is 19.5. The minimum Gasteiger partial charge on any atom is -0.436 e. The normalized spacial score (nSPS) is 13.4. The highest BCUT2D eigenvalue weighted by atomic mass is 32.1. The summed E-state index contributed by atoms with van der Waals surface area (Å²) in [5.41, 5.74) is 3.57. The first kappa shape index (κ1) is 17.0. The number of thiophene rings is 1. The molecule has 138 valence electrons. The van der Waals surface area contributed by atoms with E-state index in [2.05, 4.69) is 16.4 Å². The van der Waals surface area contributed by atoms with E-state index >= 15 is 0 Å². The fraction of sp³-hybridized carbons (Fsp3) is 0.130. The lowest BCUT2D eigenvalue weighted by molar-refractivity contribution is 0.0736. The van der Waals surface area contributed by atoms with Gasteiger partial charge in [-0.3, -0.25) is 4.79 Å². The zero-order valence-corrected chi connectivity index (χ0v) is 16.0. The lowest BCUT2D eigenvalue weighted by Crippen LogP contribution is -2.35. The van der Waals surface area contributed by atoms with Crippen LogP contribution in [0.15, 0.2) is 76.7 Å². The Balaban J connectivity index is 1.47. The van der Waals surface area contributed by atoms with Crippen molar-refractivity contribution in [3.63, 3.8) is 0 Å². The Labute approximate surface area is 167 Å². The summed E-state index contributed by atoms with van der Waals surface area (Å²) in [6.45, 7) is 1.40. The fourth-order valence-corrected chi connectivity index (χ4v) is 4.47. The van der Waals surface area contributed by atoms with E-state index in [4.69, 9.17) is 4.42 Å². The molecule has 4 aromatic rings. The van der Waals surface area contributed by atoms with Gasteiger partial charge in [0.05, 0.1) is 11.8 Å². The van der Waals surface area contributed by atoms with Crippen LogP contribution in [0.2, 0.25) is 0 Å². The van der Waals surface area contributed by atoms with Crippen LogP contribution in [0.1, 0.15) is 20.8 Å². The first-order valence-electron chi connectivity index (χ1n) is 9.25. The maximum atomic E-state index is 13.3. The van der Waals surface area contributed by atoms with E-state index in [0.717, 1.165) is 24.1 Å². The van der Waals surface area contributed by atoms with Gasteiger partial charge in [0.1, 0.15) is 0 Å². The molecule has 1 aliphatic heterocycles. The number of nitrogens with zero attached hydrogens (tertiary/aromatic N) is 2. The number of hydrogen-bond acceptors (Lipinski definition) is 4. The summed E-state index contributed by atoms with van der Waals surface area (Å²) >= 11 is 1.77. The molecule has 4 nitrogen and oxygen atoms in total. The Kier molecular flexibility index (Phi) is 4.29. The number of hydrogen-bond donors (Lipinski definition) is 0. The summed E-state index contributed by atoms with van der Waals surface area (Å²) in [7, 11) is 0. The van der Waals surface area contributed by atoms with Crippen molar-refractivity contribution in [2.24, 2.45) is 0 Å². The summed E-state index contributed by atoms with van der Waals surface area (Å²) < 4.78 is 6.00. The molecule has 2 aromatic heterocycles. The molecule has 1 amide bonds.